The van der Waals surface area contributed by atoms with E-state index in [1.165, 1.54) is 7.11 Å². The van der Waals surface area contributed by atoms with Crippen molar-refractivity contribution in [1.82, 2.24) is 4.90 Å². The molecular weight excluding hydrogens is 338 g/mol. The Hall–Kier alpha value is -1.56. The predicted molar refractivity (Wildman–Crippen MR) is 80.7 cm³/mol. The molecule has 6 heteroatoms. The summed E-state index contributed by atoms with van der Waals surface area (Å²) in [4.78, 5) is 25.4. The summed E-state index contributed by atoms with van der Waals surface area (Å²) in [7, 11) is 2.95. The molecule has 0 aliphatic carbocycles. The number of hydrogen-bond donors (Lipinski definition) is 0. The molecule has 1 heterocycles. The fourth-order valence-corrected chi connectivity index (χ4v) is 2.96. The van der Waals surface area contributed by atoms with Crippen LogP contribution in [0.25, 0.3) is 0 Å². The van der Waals surface area contributed by atoms with Gasteiger partial charge in [0.1, 0.15) is 5.75 Å². The molecule has 0 radical (unpaired) electrons. The Morgan fingerprint density at radius 2 is 1.90 bits per heavy atom. The minimum Gasteiger partial charge on any atom is -0.496 e. The molecule has 0 N–H and O–H groups in total. The first-order valence-corrected chi connectivity index (χ1v) is 7.46. The highest BCUT2D eigenvalue weighted by Gasteiger charge is 2.27. The maximum absolute atomic E-state index is 12.3. The third-order valence-corrected chi connectivity index (χ3v) is 4.25. The summed E-state index contributed by atoms with van der Waals surface area (Å²) >= 11 is 3.45. The SMILES string of the molecule is COC(=O)[C@@H](C)CC(=O)N1Cc2cc(Br)c(OC)cc2C1. The van der Waals surface area contributed by atoms with Gasteiger partial charge < -0.3 is 14.4 Å². The number of carbonyl (C=O) groups is 2. The Balaban J connectivity index is 2.05. The van der Waals surface area contributed by atoms with Crippen molar-refractivity contribution in [2.45, 2.75) is 26.4 Å². The minimum atomic E-state index is -0.424. The van der Waals surface area contributed by atoms with Gasteiger partial charge in [-0.25, -0.2) is 0 Å². The summed E-state index contributed by atoms with van der Waals surface area (Å²) in [5.74, 6) is -0.0675. The quantitative estimate of drug-likeness (QED) is 0.778. The zero-order valence-corrected chi connectivity index (χ0v) is 13.9. The number of rotatable bonds is 4. The van der Waals surface area contributed by atoms with Crippen LogP contribution in [0.1, 0.15) is 24.5 Å². The highest BCUT2D eigenvalue weighted by molar-refractivity contribution is 9.10. The first-order chi connectivity index (χ1) is 9.96. The molecule has 0 aromatic heterocycles. The number of hydrogen-bond acceptors (Lipinski definition) is 4. The van der Waals surface area contributed by atoms with Gasteiger partial charge >= 0.3 is 5.97 Å². The summed E-state index contributed by atoms with van der Waals surface area (Å²) in [5.41, 5.74) is 2.18. The highest BCUT2D eigenvalue weighted by atomic mass is 79.9. The predicted octanol–water partition coefficient (Wildman–Crippen LogP) is 2.50. The van der Waals surface area contributed by atoms with E-state index in [0.29, 0.717) is 13.1 Å². The summed E-state index contributed by atoms with van der Waals surface area (Å²) in [6.07, 6.45) is 0.166. The van der Waals surface area contributed by atoms with Crippen molar-refractivity contribution >= 4 is 27.8 Å². The third kappa shape index (κ3) is 3.37. The molecule has 114 valence electrons. The maximum Gasteiger partial charge on any atom is 0.308 e. The molecule has 0 unspecified atom stereocenters. The zero-order chi connectivity index (χ0) is 15.6. The van der Waals surface area contributed by atoms with E-state index in [2.05, 4.69) is 20.7 Å². The average molecular weight is 356 g/mol. The molecule has 0 bridgehead atoms. The van der Waals surface area contributed by atoms with Crippen molar-refractivity contribution in [3.8, 4) is 5.75 Å². The van der Waals surface area contributed by atoms with Gasteiger partial charge in [-0.3, -0.25) is 9.59 Å². The number of fused-ring (bicyclic) bond motifs is 1. The Bertz CT molecular complexity index is 573. The Kier molecular flexibility index (Phi) is 4.88. The van der Waals surface area contributed by atoms with E-state index < -0.39 is 5.92 Å². The zero-order valence-electron chi connectivity index (χ0n) is 12.3. The number of carbonyl (C=O) groups excluding carboxylic acids is 2. The van der Waals surface area contributed by atoms with Crippen molar-refractivity contribution in [2.75, 3.05) is 14.2 Å². The first kappa shape index (κ1) is 15.8. The second kappa shape index (κ2) is 6.47. The lowest BCUT2D eigenvalue weighted by Crippen LogP contribution is -2.29. The van der Waals surface area contributed by atoms with Gasteiger partial charge in [-0.05, 0) is 39.2 Å². The number of esters is 1. The monoisotopic (exact) mass is 355 g/mol. The van der Waals surface area contributed by atoms with Crippen molar-refractivity contribution in [3.05, 3.63) is 27.7 Å². The van der Waals surface area contributed by atoms with E-state index in [0.717, 1.165) is 21.3 Å². The summed E-state index contributed by atoms with van der Waals surface area (Å²) in [6.45, 7) is 2.81. The summed E-state index contributed by atoms with van der Waals surface area (Å²) < 4.78 is 10.8. The molecule has 1 aliphatic rings. The van der Waals surface area contributed by atoms with Crippen LogP contribution in [-0.4, -0.2) is 31.0 Å². The van der Waals surface area contributed by atoms with E-state index in [9.17, 15) is 9.59 Å². The summed E-state index contributed by atoms with van der Waals surface area (Å²) in [6, 6.07) is 3.92. The normalized spacial score (nSPS) is 14.6. The molecule has 1 aromatic rings. The lowest BCUT2D eigenvalue weighted by molar-refractivity contribution is -0.148. The van der Waals surface area contributed by atoms with E-state index in [1.54, 1.807) is 18.9 Å². The van der Waals surface area contributed by atoms with Crippen LogP contribution < -0.4 is 4.74 Å². The van der Waals surface area contributed by atoms with Gasteiger partial charge in [0.15, 0.2) is 0 Å². The third-order valence-electron chi connectivity index (χ3n) is 3.63. The van der Waals surface area contributed by atoms with Crippen LogP contribution in [0.3, 0.4) is 0 Å². The molecule has 0 spiro atoms. The highest BCUT2D eigenvalue weighted by Crippen LogP contribution is 2.33. The molecular formula is C15H18BrNO4. The van der Waals surface area contributed by atoms with Crippen molar-refractivity contribution in [3.63, 3.8) is 0 Å². The minimum absolute atomic E-state index is 0.0424. The smallest absolute Gasteiger partial charge is 0.308 e. The molecule has 0 saturated carbocycles. The Morgan fingerprint density at radius 1 is 1.29 bits per heavy atom. The topological polar surface area (TPSA) is 55.8 Å². The van der Waals surface area contributed by atoms with Crippen LogP contribution >= 0.6 is 15.9 Å². The second-order valence-corrected chi connectivity index (χ2v) is 5.99. The van der Waals surface area contributed by atoms with E-state index in [-0.39, 0.29) is 18.3 Å². The van der Waals surface area contributed by atoms with Crippen molar-refractivity contribution in [1.29, 1.82) is 0 Å². The molecule has 1 aliphatic heterocycles. The van der Waals surface area contributed by atoms with Crippen LogP contribution in [0, 0.1) is 5.92 Å². The van der Waals surface area contributed by atoms with E-state index in [1.807, 2.05) is 12.1 Å². The summed E-state index contributed by atoms with van der Waals surface area (Å²) in [5, 5.41) is 0. The van der Waals surface area contributed by atoms with Crippen LogP contribution in [-0.2, 0) is 27.4 Å². The molecule has 21 heavy (non-hydrogen) atoms. The Labute approximate surface area is 132 Å². The van der Waals surface area contributed by atoms with Crippen molar-refractivity contribution in [2.24, 2.45) is 5.92 Å². The standard InChI is InChI=1S/C15H18BrNO4/c1-9(15(19)21-3)4-14(18)17-7-10-5-12(16)13(20-2)6-11(10)8-17/h5-6,9H,4,7-8H2,1-3H3/t9-/m0/s1. The number of benzene rings is 1. The average Bonchev–Trinajstić information content (AvgIpc) is 2.87. The Morgan fingerprint density at radius 3 is 2.48 bits per heavy atom. The van der Waals surface area contributed by atoms with Gasteiger partial charge in [0.05, 0.1) is 24.6 Å². The molecule has 5 nitrogen and oxygen atoms in total. The molecule has 2 rings (SSSR count). The van der Waals surface area contributed by atoms with Crippen LogP contribution in [0.5, 0.6) is 5.75 Å². The van der Waals surface area contributed by atoms with Crippen LogP contribution in [0.4, 0.5) is 0 Å². The van der Waals surface area contributed by atoms with Gasteiger partial charge in [0.2, 0.25) is 5.91 Å². The van der Waals surface area contributed by atoms with Gasteiger partial charge in [-0.15, -0.1) is 0 Å². The van der Waals surface area contributed by atoms with Gasteiger partial charge in [-0.1, -0.05) is 6.92 Å². The van der Waals surface area contributed by atoms with Gasteiger partial charge in [0.25, 0.3) is 0 Å². The molecule has 1 aromatic carbocycles. The number of amides is 1. The van der Waals surface area contributed by atoms with Crippen LogP contribution in [0.2, 0.25) is 0 Å². The molecule has 0 fully saturated rings. The van der Waals surface area contributed by atoms with Crippen molar-refractivity contribution < 1.29 is 19.1 Å². The number of ether oxygens (including phenoxy) is 2. The molecule has 0 saturated heterocycles. The number of methoxy groups -OCH3 is 2. The van der Waals surface area contributed by atoms with Gasteiger partial charge in [0, 0.05) is 19.5 Å². The first-order valence-electron chi connectivity index (χ1n) is 6.67. The fraction of sp³-hybridized carbons (Fsp3) is 0.467. The lowest BCUT2D eigenvalue weighted by atomic mass is 10.1. The largest absolute Gasteiger partial charge is 0.496 e. The maximum atomic E-state index is 12.3. The van der Waals surface area contributed by atoms with E-state index >= 15 is 0 Å². The number of halogens is 1. The van der Waals surface area contributed by atoms with E-state index in [4.69, 9.17) is 4.74 Å². The van der Waals surface area contributed by atoms with Crippen LogP contribution in [0.15, 0.2) is 16.6 Å². The molecule has 1 amide bonds. The number of nitrogens with zero attached hydrogens (tertiary/aromatic N) is 1. The second-order valence-electron chi connectivity index (χ2n) is 5.13. The lowest BCUT2D eigenvalue weighted by Gasteiger charge is -2.17. The fourth-order valence-electron chi connectivity index (χ4n) is 2.41. The molecule has 1 atom stereocenters. The van der Waals surface area contributed by atoms with Gasteiger partial charge in [-0.2, -0.15) is 0 Å².